The SMILES string of the molecule is CCC1(C(=O)O)CCN(C(=O)C(C)(C)C(C)(C)N)CC1. The number of carboxylic acid groups (broad SMARTS) is 1. The second kappa shape index (κ2) is 5.35. The van der Waals surface area contributed by atoms with Crippen molar-refractivity contribution in [3.05, 3.63) is 0 Å². The largest absolute Gasteiger partial charge is 0.481 e. The third-order valence-corrected chi connectivity index (χ3v) is 5.28. The molecule has 5 heteroatoms. The van der Waals surface area contributed by atoms with E-state index in [9.17, 15) is 14.7 Å². The molecule has 3 N–H and O–H groups in total. The van der Waals surface area contributed by atoms with Gasteiger partial charge in [0.1, 0.15) is 0 Å². The zero-order valence-electron chi connectivity index (χ0n) is 13.3. The van der Waals surface area contributed by atoms with Gasteiger partial charge in [-0.3, -0.25) is 9.59 Å². The van der Waals surface area contributed by atoms with Crippen LogP contribution in [0.4, 0.5) is 0 Å². The smallest absolute Gasteiger partial charge is 0.309 e. The van der Waals surface area contributed by atoms with E-state index in [2.05, 4.69) is 0 Å². The highest BCUT2D eigenvalue weighted by molar-refractivity contribution is 5.84. The fourth-order valence-corrected chi connectivity index (χ4v) is 2.53. The van der Waals surface area contributed by atoms with Crippen molar-refractivity contribution >= 4 is 11.9 Å². The van der Waals surface area contributed by atoms with Crippen molar-refractivity contribution in [3.8, 4) is 0 Å². The van der Waals surface area contributed by atoms with E-state index in [1.807, 2.05) is 34.6 Å². The molecule has 0 aromatic heterocycles. The molecule has 20 heavy (non-hydrogen) atoms. The van der Waals surface area contributed by atoms with E-state index in [1.54, 1.807) is 4.90 Å². The molecular weight excluding hydrogens is 256 g/mol. The average Bonchev–Trinajstić information content (AvgIpc) is 2.36. The number of hydrogen-bond acceptors (Lipinski definition) is 3. The van der Waals surface area contributed by atoms with Crippen LogP contribution in [-0.2, 0) is 9.59 Å². The first-order valence-corrected chi connectivity index (χ1v) is 7.29. The summed E-state index contributed by atoms with van der Waals surface area (Å²) in [5.41, 5.74) is 4.16. The Balaban J connectivity index is 2.80. The van der Waals surface area contributed by atoms with Crippen LogP contribution in [0.1, 0.15) is 53.9 Å². The van der Waals surface area contributed by atoms with Gasteiger partial charge >= 0.3 is 5.97 Å². The first kappa shape index (κ1) is 17.0. The highest BCUT2D eigenvalue weighted by Gasteiger charge is 2.46. The van der Waals surface area contributed by atoms with E-state index in [1.165, 1.54) is 0 Å². The normalized spacial score (nSPS) is 19.8. The van der Waals surface area contributed by atoms with Crippen molar-refractivity contribution in [1.82, 2.24) is 4.90 Å². The van der Waals surface area contributed by atoms with Crippen molar-refractivity contribution in [2.45, 2.75) is 59.4 Å². The van der Waals surface area contributed by atoms with Gasteiger partial charge in [-0.15, -0.1) is 0 Å². The van der Waals surface area contributed by atoms with Crippen LogP contribution in [0.5, 0.6) is 0 Å². The van der Waals surface area contributed by atoms with Crippen molar-refractivity contribution < 1.29 is 14.7 Å². The Bertz CT molecular complexity index is 388. The standard InChI is InChI=1S/C15H28N2O3/c1-6-15(12(19)20)7-9-17(10-8-15)11(18)13(2,3)14(4,5)16/h6-10,16H2,1-5H3,(H,19,20). The molecule has 0 radical (unpaired) electrons. The fourth-order valence-electron chi connectivity index (χ4n) is 2.53. The molecule has 0 saturated carbocycles. The van der Waals surface area contributed by atoms with Crippen molar-refractivity contribution in [3.63, 3.8) is 0 Å². The van der Waals surface area contributed by atoms with Crippen LogP contribution in [0.2, 0.25) is 0 Å². The van der Waals surface area contributed by atoms with Crippen LogP contribution in [0, 0.1) is 10.8 Å². The van der Waals surface area contributed by atoms with E-state index < -0.39 is 22.3 Å². The first-order chi connectivity index (χ1) is 8.98. The molecule has 1 aliphatic heterocycles. The van der Waals surface area contributed by atoms with E-state index in [4.69, 9.17) is 5.73 Å². The Morgan fingerprint density at radius 2 is 1.65 bits per heavy atom. The monoisotopic (exact) mass is 284 g/mol. The average molecular weight is 284 g/mol. The molecule has 5 nitrogen and oxygen atoms in total. The summed E-state index contributed by atoms with van der Waals surface area (Å²) >= 11 is 0. The van der Waals surface area contributed by atoms with Crippen LogP contribution in [-0.4, -0.2) is 40.5 Å². The van der Waals surface area contributed by atoms with E-state index in [-0.39, 0.29) is 5.91 Å². The molecule has 1 saturated heterocycles. The fraction of sp³-hybridized carbons (Fsp3) is 0.867. The number of piperidine rings is 1. The maximum Gasteiger partial charge on any atom is 0.309 e. The van der Waals surface area contributed by atoms with E-state index >= 15 is 0 Å². The predicted molar refractivity (Wildman–Crippen MR) is 78.2 cm³/mol. The summed E-state index contributed by atoms with van der Waals surface area (Å²) in [6, 6.07) is 0. The van der Waals surface area contributed by atoms with Gasteiger partial charge in [-0.05, 0) is 47.0 Å². The van der Waals surface area contributed by atoms with Gasteiger partial charge in [-0.2, -0.15) is 0 Å². The number of likely N-dealkylation sites (tertiary alicyclic amines) is 1. The zero-order valence-corrected chi connectivity index (χ0v) is 13.3. The summed E-state index contributed by atoms with van der Waals surface area (Å²) < 4.78 is 0. The molecule has 0 spiro atoms. The van der Waals surface area contributed by atoms with Crippen molar-refractivity contribution in [2.24, 2.45) is 16.6 Å². The molecule has 0 bridgehead atoms. The summed E-state index contributed by atoms with van der Waals surface area (Å²) in [6.07, 6.45) is 1.65. The van der Waals surface area contributed by atoms with Gasteiger partial charge in [-0.25, -0.2) is 0 Å². The summed E-state index contributed by atoms with van der Waals surface area (Å²) in [4.78, 5) is 25.8. The zero-order chi connectivity index (χ0) is 15.8. The molecule has 1 heterocycles. The van der Waals surface area contributed by atoms with Crippen LogP contribution < -0.4 is 5.73 Å². The van der Waals surface area contributed by atoms with E-state index in [0.29, 0.717) is 32.4 Å². The lowest BCUT2D eigenvalue weighted by atomic mass is 9.72. The maximum absolute atomic E-state index is 12.6. The molecule has 1 fully saturated rings. The molecule has 1 aliphatic rings. The number of carbonyl (C=O) groups is 2. The summed E-state index contributed by atoms with van der Waals surface area (Å²) in [7, 11) is 0. The Labute approximate surface area is 121 Å². The first-order valence-electron chi connectivity index (χ1n) is 7.29. The predicted octanol–water partition coefficient (Wildman–Crippen LogP) is 1.85. The molecule has 0 atom stereocenters. The van der Waals surface area contributed by atoms with Crippen molar-refractivity contribution in [1.29, 1.82) is 0 Å². The molecular formula is C15H28N2O3. The molecule has 0 aromatic carbocycles. The minimum Gasteiger partial charge on any atom is -0.481 e. The second-order valence-electron chi connectivity index (χ2n) is 7.08. The number of carbonyl (C=O) groups excluding carboxylic acids is 1. The number of nitrogens with zero attached hydrogens (tertiary/aromatic N) is 1. The van der Waals surface area contributed by atoms with Crippen LogP contribution in [0.3, 0.4) is 0 Å². The number of hydrogen-bond donors (Lipinski definition) is 2. The third kappa shape index (κ3) is 2.82. The second-order valence-corrected chi connectivity index (χ2v) is 7.08. The quantitative estimate of drug-likeness (QED) is 0.825. The van der Waals surface area contributed by atoms with E-state index in [0.717, 1.165) is 0 Å². The lowest BCUT2D eigenvalue weighted by Crippen LogP contribution is -2.58. The summed E-state index contributed by atoms with van der Waals surface area (Å²) in [6.45, 7) is 10.3. The number of nitrogens with two attached hydrogens (primary N) is 1. The number of amides is 1. The molecule has 0 unspecified atom stereocenters. The van der Waals surface area contributed by atoms with Gasteiger partial charge in [0.25, 0.3) is 0 Å². The molecule has 1 rings (SSSR count). The van der Waals surface area contributed by atoms with Gasteiger partial charge in [-0.1, -0.05) is 6.92 Å². The minimum atomic E-state index is -0.745. The Kier molecular flexibility index (Phi) is 4.54. The minimum absolute atomic E-state index is 0.0140. The molecule has 116 valence electrons. The number of aliphatic carboxylic acids is 1. The number of carboxylic acids is 1. The Hall–Kier alpha value is -1.10. The lowest BCUT2D eigenvalue weighted by molar-refractivity contribution is -0.157. The van der Waals surface area contributed by atoms with Crippen LogP contribution in [0.25, 0.3) is 0 Å². The van der Waals surface area contributed by atoms with Gasteiger partial charge in [0, 0.05) is 18.6 Å². The lowest BCUT2D eigenvalue weighted by Gasteiger charge is -2.44. The van der Waals surface area contributed by atoms with Gasteiger partial charge < -0.3 is 15.7 Å². The topological polar surface area (TPSA) is 83.6 Å². The van der Waals surface area contributed by atoms with Gasteiger partial charge in [0.05, 0.1) is 10.8 Å². The number of rotatable bonds is 4. The third-order valence-electron chi connectivity index (χ3n) is 5.28. The molecule has 0 aromatic rings. The van der Waals surface area contributed by atoms with Gasteiger partial charge in [0.15, 0.2) is 0 Å². The van der Waals surface area contributed by atoms with Crippen LogP contribution in [0.15, 0.2) is 0 Å². The molecule has 0 aliphatic carbocycles. The summed E-state index contributed by atoms with van der Waals surface area (Å²) in [5.74, 6) is -0.731. The van der Waals surface area contributed by atoms with Crippen molar-refractivity contribution in [2.75, 3.05) is 13.1 Å². The highest BCUT2D eigenvalue weighted by atomic mass is 16.4. The highest BCUT2D eigenvalue weighted by Crippen LogP contribution is 2.38. The van der Waals surface area contributed by atoms with Crippen LogP contribution >= 0.6 is 0 Å². The maximum atomic E-state index is 12.6. The molecule has 1 amide bonds. The summed E-state index contributed by atoms with van der Waals surface area (Å²) in [5, 5.41) is 9.38. The Morgan fingerprint density at radius 3 is 1.95 bits per heavy atom. The van der Waals surface area contributed by atoms with Gasteiger partial charge in [0.2, 0.25) is 5.91 Å². The Morgan fingerprint density at radius 1 is 1.20 bits per heavy atom.